The zero-order chi connectivity index (χ0) is 15.1. The normalized spacial score (nSPS) is 14.3. The van der Waals surface area contributed by atoms with Crippen LogP contribution >= 0.6 is 0 Å². The molecule has 0 aliphatic carbocycles. The topological polar surface area (TPSA) is 12.0 Å². The Hall–Kier alpha value is -0.820. The second-order valence-corrected chi connectivity index (χ2v) is 6.31. The van der Waals surface area contributed by atoms with E-state index in [9.17, 15) is 0 Å². The van der Waals surface area contributed by atoms with E-state index in [0.717, 1.165) is 0 Å². The summed E-state index contributed by atoms with van der Waals surface area (Å²) < 4.78 is 0. The minimum atomic E-state index is 0.447. The van der Waals surface area contributed by atoms with E-state index >= 15 is 0 Å². The Bertz CT molecular complexity index is 408. The van der Waals surface area contributed by atoms with E-state index in [0.29, 0.717) is 12.1 Å². The molecule has 1 aromatic carbocycles. The molecule has 1 nitrogen and oxygen atoms in total. The zero-order valence-corrected chi connectivity index (χ0v) is 14.3. The molecule has 2 unspecified atom stereocenters. The predicted octanol–water partition coefficient (Wildman–Crippen LogP) is 5.62. The Labute approximate surface area is 126 Å². The van der Waals surface area contributed by atoms with Crippen LogP contribution in [0.25, 0.3) is 0 Å². The number of hydrogen-bond acceptors (Lipinski definition) is 1. The first-order valence-corrected chi connectivity index (χ1v) is 8.33. The van der Waals surface area contributed by atoms with Crippen LogP contribution in [0.15, 0.2) is 12.1 Å². The molecule has 0 spiro atoms. The summed E-state index contributed by atoms with van der Waals surface area (Å²) in [5, 5.41) is 3.86. The highest BCUT2D eigenvalue weighted by Crippen LogP contribution is 2.23. The largest absolute Gasteiger partial charge is 0.307 e. The molecule has 0 bridgehead atoms. The molecule has 0 saturated carbocycles. The molecule has 0 radical (unpaired) electrons. The van der Waals surface area contributed by atoms with Gasteiger partial charge in [0.15, 0.2) is 0 Å². The SMILES string of the molecule is CCCCC(CCC)NC(C)c1cc(C)c(C)cc1C. The van der Waals surface area contributed by atoms with E-state index in [1.165, 1.54) is 54.4 Å². The van der Waals surface area contributed by atoms with Crippen LogP contribution in [0.5, 0.6) is 0 Å². The average Bonchev–Trinajstić information content (AvgIpc) is 2.40. The van der Waals surface area contributed by atoms with Gasteiger partial charge < -0.3 is 5.32 Å². The van der Waals surface area contributed by atoms with E-state index < -0.39 is 0 Å². The Balaban J connectivity index is 2.77. The fourth-order valence-corrected chi connectivity index (χ4v) is 3.00. The second kappa shape index (κ2) is 8.46. The molecule has 0 saturated heterocycles. The van der Waals surface area contributed by atoms with Crippen molar-refractivity contribution in [3.8, 4) is 0 Å². The number of benzene rings is 1. The van der Waals surface area contributed by atoms with Gasteiger partial charge in [-0.2, -0.15) is 0 Å². The molecule has 1 heteroatoms. The highest BCUT2D eigenvalue weighted by molar-refractivity contribution is 5.38. The van der Waals surface area contributed by atoms with Crippen LogP contribution in [0, 0.1) is 20.8 Å². The van der Waals surface area contributed by atoms with Crippen molar-refractivity contribution in [1.29, 1.82) is 0 Å². The molecule has 0 amide bonds. The fourth-order valence-electron chi connectivity index (χ4n) is 3.00. The lowest BCUT2D eigenvalue weighted by Crippen LogP contribution is -2.31. The third-order valence-corrected chi connectivity index (χ3v) is 4.38. The minimum Gasteiger partial charge on any atom is -0.307 e. The molecule has 0 aliphatic heterocycles. The van der Waals surface area contributed by atoms with Gasteiger partial charge >= 0.3 is 0 Å². The highest BCUT2D eigenvalue weighted by atomic mass is 14.9. The van der Waals surface area contributed by atoms with Crippen LogP contribution < -0.4 is 5.32 Å². The fraction of sp³-hybridized carbons (Fsp3) is 0.684. The van der Waals surface area contributed by atoms with Crippen LogP contribution in [-0.4, -0.2) is 6.04 Å². The molecule has 1 rings (SSSR count). The molecule has 1 N–H and O–H groups in total. The molecule has 2 atom stereocenters. The van der Waals surface area contributed by atoms with Gasteiger partial charge in [-0.3, -0.25) is 0 Å². The van der Waals surface area contributed by atoms with Gasteiger partial charge in [0, 0.05) is 12.1 Å². The Morgan fingerprint density at radius 2 is 1.55 bits per heavy atom. The van der Waals surface area contributed by atoms with E-state index in [1.807, 2.05) is 0 Å². The molecule has 0 aliphatic rings. The summed E-state index contributed by atoms with van der Waals surface area (Å²) >= 11 is 0. The van der Waals surface area contributed by atoms with Crippen LogP contribution in [0.2, 0.25) is 0 Å². The quantitative estimate of drug-likeness (QED) is 0.649. The van der Waals surface area contributed by atoms with Crippen molar-refractivity contribution in [2.75, 3.05) is 0 Å². The van der Waals surface area contributed by atoms with Crippen molar-refractivity contribution >= 4 is 0 Å². The monoisotopic (exact) mass is 275 g/mol. The first-order chi connectivity index (χ1) is 9.49. The first-order valence-electron chi connectivity index (χ1n) is 8.33. The number of hydrogen-bond donors (Lipinski definition) is 1. The van der Waals surface area contributed by atoms with E-state index in [1.54, 1.807) is 0 Å². The molecule has 0 fully saturated rings. The first kappa shape index (κ1) is 17.2. The summed E-state index contributed by atoms with van der Waals surface area (Å²) in [6.45, 7) is 13.5. The lowest BCUT2D eigenvalue weighted by molar-refractivity contribution is 0.395. The highest BCUT2D eigenvalue weighted by Gasteiger charge is 2.14. The maximum atomic E-state index is 3.86. The van der Waals surface area contributed by atoms with E-state index in [2.05, 4.69) is 59.0 Å². The van der Waals surface area contributed by atoms with Gasteiger partial charge in [0.2, 0.25) is 0 Å². The van der Waals surface area contributed by atoms with Crippen LogP contribution in [0.4, 0.5) is 0 Å². The van der Waals surface area contributed by atoms with Gasteiger partial charge in [-0.25, -0.2) is 0 Å². The molecule has 114 valence electrons. The average molecular weight is 275 g/mol. The summed E-state index contributed by atoms with van der Waals surface area (Å²) in [6.07, 6.45) is 6.47. The number of aryl methyl sites for hydroxylation is 3. The number of unbranched alkanes of at least 4 members (excludes halogenated alkanes) is 1. The number of nitrogens with one attached hydrogen (secondary N) is 1. The van der Waals surface area contributed by atoms with Crippen molar-refractivity contribution in [3.05, 3.63) is 34.4 Å². The molecular formula is C19H33N. The standard InChI is InChI=1S/C19H33N/c1-7-9-11-18(10-8-2)20-17(6)19-13-15(4)14(3)12-16(19)5/h12-13,17-18,20H,7-11H2,1-6H3. The van der Waals surface area contributed by atoms with Gasteiger partial charge in [0.1, 0.15) is 0 Å². The summed E-state index contributed by atoms with van der Waals surface area (Å²) in [5.41, 5.74) is 5.68. The maximum Gasteiger partial charge on any atom is 0.0297 e. The third kappa shape index (κ3) is 4.94. The van der Waals surface area contributed by atoms with Gasteiger partial charge in [0.05, 0.1) is 0 Å². The lowest BCUT2D eigenvalue weighted by atomic mass is 9.95. The van der Waals surface area contributed by atoms with Gasteiger partial charge in [-0.1, -0.05) is 45.2 Å². The predicted molar refractivity (Wildman–Crippen MR) is 90.4 cm³/mol. The van der Waals surface area contributed by atoms with E-state index in [4.69, 9.17) is 0 Å². The minimum absolute atomic E-state index is 0.447. The Morgan fingerprint density at radius 1 is 0.900 bits per heavy atom. The van der Waals surface area contributed by atoms with Crippen molar-refractivity contribution in [2.45, 2.75) is 85.7 Å². The number of rotatable bonds is 8. The molecule has 20 heavy (non-hydrogen) atoms. The molecule has 1 aromatic rings. The van der Waals surface area contributed by atoms with Crippen molar-refractivity contribution in [3.63, 3.8) is 0 Å². The summed E-state index contributed by atoms with van der Waals surface area (Å²) in [4.78, 5) is 0. The van der Waals surface area contributed by atoms with Crippen molar-refractivity contribution in [1.82, 2.24) is 5.32 Å². The molecule has 0 heterocycles. The molecular weight excluding hydrogens is 242 g/mol. The second-order valence-electron chi connectivity index (χ2n) is 6.31. The third-order valence-electron chi connectivity index (χ3n) is 4.38. The lowest BCUT2D eigenvalue weighted by Gasteiger charge is -2.25. The Kier molecular flexibility index (Phi) is 7.29. The van der Waals surface area contributed by atoms with Gasteiger partial charge in [-0.05, 0) is 62.8 Å². The maximum absolute atomic E-state index is 3.86. The van der Waals surface area contributed by atoms with Crippen LogP contribution in [0.1, 0.15) is 81.2 Å². The Morgan fingerprint density at radius 3 is 2.15 bits per heavy atom. The van der Waals surface area contributed by atoms with E-state index in [-0.39, 0.29) is 0 Å². The van der Waals surface area contributed by atoms with Crippen LogP contribution in [-0.2, 0) is 0 Å². The summed E-state index contributed by atoms with van der Waals surface area (Å²) in [7, 11) is 0. The molecule has 0 aromatic heterocycles. The van der Waals surface area contributed by atoms with Crippen LogP contribution in [0.3, 0.4) is 0 Å². The smallest absolute Gasteiger partial charge is 0.0297 e. The summed E-state index contributed by atoms with van der Waals surface area (Å²) in [6, 6.07) is 5.80. The van der Waals surface area contributed by atoms with Crippen molar-refractivity contribution < 1.29 is 0 Å². The van der Waals surface area contributed by atoms with Crippen molar-refractivity contribution in [2.24, 2.45) is 0 Å². The zero-order valence-electron chi connectivity index (χ0n) is 14.3. The summed E-state index contributed by atoms with van der Waals surface area (Å²) in [5.74, 6) is 0. The van der Waals surface area contributed by atoms with Gasteiger partial charge in [0.25, 0.3) is 0 Å². The van der Waals surface area contributed by atoms with Gasteiger partial charge in [-0.15, -0.1) is 0 Å².